The molecule has 1 aliphatic rings. The number of rotatable bonds is 4. The second-order valence-electron chi connectivity index (χ2n) is 4.49. The Balaban J connectivity index is 2.03. The maximum Gasteiger partial charge on any atom is 0.363 e. The van der Waals surface area contributed by atoms with E-state index in [4.69, 9.17) is 13.9 Å². The third-order valence-electron chi connectivity index (χ3n) is 3.07. The minimum absolute atomic E-state index is 0.0310. The van der Waals surface area contributed by atoms with Gasteiger partial charge in [0.1, 0.15) is 11.5 Å². The molecule has 0 N–H and O–H groups in total. The fourth-order valence-electron chi connectivity index (χ4n) is 2.01. The summed E-state index contributed by atoms with van der Waals surface area (Å²) in [7, 11) is 1.40. The summed E-state index contributed by atoms with van der Waals surface area (Å²) in [4.78, 5) is 26.3. The van der Waals surface area contributed by atoms with Gasteiger partial charge in [0.05, 0.1) is 23.9 Å². The lowest BCUT2D eigenvalue weighted by atomic mass is 10.1. The number of carbonyl (C=O) groups is 1. The third kappa shape index (κ3) is 2.82. The first-order valence-electron chi connectivity index (χ1n) is 6.47. The Morgan fingerprint density at radius 1 is 1.35 bits per heavy atom. The van der Waals surface area contributed by atoms with Gasteiger partial charge >= 0.3 is 5.97 Å². The minimum Gasteiger partial charge on any atom is -0.496 e. The summed E-state index contributed by atoms with van der Waals surface area (Å²) in [6.07, 6.45) is 2.88. The SMILES string of the molecule is COc1ccc([N+](=O)[O-])cc1C1=NC(=Cc2ccco2)C(=O)O1. The first-order chi connectivity index (χ1) is 11.1. The zero-order valence-electron chi connectivity index (χ0n) is 11.9. The lowest BCUT2D eigenvalue weighted by Gasteiger charge is -2.06. The summed E-state index contributed by atoms with van der Waals surface area (Å²) < 4.78 is 15.3. The second kappa shape index (κ2) is 5.76. The topological polar surface area (TPSA) is 104 Å². The minimum atomic E-state index is -0.676. The molecule has 0 amide bonds. The van der Waals surface area contributed by atoms with Crippen LogP contribution in [0.5, 0.6) is 5.75 Å². The van der Waals surface area contributed by atoms with Gasteiger partial charge in [0.25, 0.3) is 5.69 Å². The number of cyclic esters (lactones) is 1. The number of nitro benzene ring substituents is 1. The van der Waals surface area contributed by atoms with Gasteiger partial charge in [-0.05, 0) is 18.2 Å². The van der Waals surface area contributed by atoms with Gasteiger partial charge in [-0.1, -0.05) is 0 Å². The number of hydrogen-bond acceptors (Lipinski definition) is 7. The van der Waals surface area contributed by atoms with Crippen LogP contribution in [0.3, 0.4) is 0 Å². The van der Waals surface area contributed by atoms with Crippen LogP contribution in [0.4, 0.5) is 5.69 Å². The van der Waals surface area contributed by atoms with Crippen LogP contribution in [0.2, 0.25) is 0 Å². The predicted octanol–water partition coefficient (Wildman–Crippen LogP) is 2.54. The monoisotopic (exact) mass is 314 g/mol. The van der Waals surface area contributed by atoms with Crippen molar-refractivity contribution in [2.24, 2.45) is 4.99 Å². The standard InChI is InChI=1S/C15H10N2O6/c1-21-13-5-4-9(17(19)20)7-11(13)14-16-12(15(18)23-14)8-10-3-2-6-22-10/h2-8H,1H3. The van der Waals surface area contributed by atoms with E-state index in [1.165, 1.54) is 37.6 Å². The van der Waals surface area contributed by atoms with Crippen molar-refractivity contribution in [3.8, 4) is 5.75 Å². The van der Waals surface area contributed by atoms with Crippen LogP contribution in [-0.4, -0.2) is 23.9 Å². The van der Waals surface area contributed by atoms with E-state index in [2.05, 4.69) is 4.99 Å². The number of benzene rings is 1. The average Bonchev–Trinajstić information content (AvgIpc) is 3.17. The number of ether oxygens (including phenoxy) is 2. The van der Waals surface area contributed by atoms with E-state index in [9.17, 15) is 14.9 Å². The molecule has 2 heterocycles. The van der Waals surface area contributed by atoms with Gasteiger partial charge in [0.2, 0.25) is 5.90 Å². The van der Waals surface area contributed by atoms with Crippen LogP contribution in [0, 0.1) is 10.1 Å². The Hall–Kier alpha value is -3.42. The molecule has 3 rings (SSSR count). The highest BCUT2D eigenvalue weighted by Crippen LogP contribution is 2.28. The number of nitro groups is 1. The van der Waals surface area contributed by atoms with E-state index in [0.29, 0.717) is 11.5 Å². The van der Waals surface area contributed by atoms with Crippen molar-refractivity contribution in [3.05, 3.63) is 63.7 Å². The zero-order valence-corrected chi connectivity index (χ0v) is 11.9. The molecule has 23 heavy (non-hydrogen) atoms. The van der Waals surface area contributed by atoms with Gasteiger partial charge in [-0.25, -0.2) is 9.79 Å². The highest BCUT2D eigenvalue weighted by molar-refractivity contribution is 6.13. The van der Waals surface area contributed by atoms with Gasteiger partial charge < -0.3 is 13.9 Å². The molecule has 0 unspecified atom stereocenters. The third-order valence-corrected chi connectivity index (χ3v) is 3.07. The van der Waals surface area contributed by atoms with Gasteiger partial charge in [-0.3, -0.25) is 10.1 Å². The highest BCUT2D eigenvalue weighted by Gasteiger charge is 2.28. The number of furan rings is 1. The van der Waals surface area contributed by atoms with Crippen molar-refractivity contribution >= 4 is 23.6 Å². The molecular formula is C15H10N2O6. The number of esters is 1. The molecule has 0 radical (unpaired) electrons. The molecule has 1 aromatic carbocycles. The first kappa shape index (κ1) is 14.5. The number of hydrogen-bond donors (Lipinski definition) is 0. The van der Waals surface area contributed by atoms with Crippen LogP contribution >= 0.6 is 0 Å². The molecule has 116 valence electrons. The lowest BCUT2D eigenvalue weighted by molar-refractivity contribution is -0.384. The smallest absolute Gasteiger partial charge is 0.363 e. The van der Waals surface area contributed by atoms with Crippen molar-refractivity contribution in [2.75, 3.05) is 7.11 Å². The van der Waals surface area contributed by atoms with E-state index in [1.54, 1.807) is 12.1 Å². The molecule has 0 saturated heterocycles. The molecule has 0 fully saturated rings. The number of carbonyl (C=O) groups excluding carboxylic acids is 1. The maximum atomic E-state index is 11.9. The molecule has 0 aliphatic carbocycles. The molecule has 0 bridgehead atoms. The molecule has 8 heteroatoms. The van der Waals surface area contributed by atoms with Gasteiger partial charge in [0, 0.05) is 18.2 Å². The Kier molecular flexibility index (Phi) is 3.63. The summed E-state index contributed by atoms with van der Waals surface area (Å²) in [5, 5.41) is 10.9. The van der Waals surface area contributed by atoms with E-state index in [1.807, 2.05) is 0 Å². The summed E-state index contributed by atoms with van der Waals surface area (Å²) in [6, 6.07) is 7.26. The molecule has 2 aromatic rings. The summed E-state index contributed by atoms with van der Waals surface area (Å²) in [5.41, 5.74) is 0.0874. The number of nitrogens with zero attached hydrogens (tertiary/aromatic N) is 2. The van der Waals surface area contributed by atoms with Crippen molar-refractivity contribution < 1.29 is 23.6 Å². The van der Waals surface area contributed by atoms with Gasteiger partial charge in [-0.15, -0.1) is 0 Å². The molecule has 1 aliphatic heterocycles. The van der Waals surface area contributed by atoms with E-state index >= 15 is 0 Å². The first-order valence-corrected chi connectivity index (χ1v) is 6.47. The molecular weight excluding hydrogens is 304 g/mol. The van der Waals surface area contributed by atoms with Crippen molar-refractivity contribution in [1.29, 1.82) is 0 Å². The molecule has 0 spiro atoms. The van der Waals surface area contributed by atoms with E-state index in [0.717, 1.165) is 0 Å². The highest BCUT2D eigenvalue weighted by atomic mass is 16.6. The van der Waals surface area contributed by atoms with Crippen molar-refractivity contribution in [2.45, 2.75) is 0 Å². The van der Waals surface area contributed by atoms with Crippen LogP contribution in [0.1, 0.15) is 11.3 Å². The van der Waals surface area contributed by atoms with Crippen LogP contribution < -0.4 is 4.74 Å². The van der Waals surface area contributed by atoms with Crippen LogP contribution in [-0.2, 0) is 9.53 Å². The number of methoxy groups -OCH3 is 1. The summed E-state index contributed by atoms with van der Waals surface area (Å²) in [6.45, 7) is 0. The molecule has 8 nitrogen and oxygen atoms in total. The predicted molar refractivity (Wildman–Crippen MR) is 79.0 cm³/mol. The zero-order chi connectivity index (χ0) is 16.4. The number of aliphatic imine (C=N–C) groups is 1. The molecule has 1 aromatic heterocycles. The Morgan fingerprint density at radius 3 is 2.83 bits per heavy atom. The number of non-ortho nitro benzene ring substituents is 1. The van der Waals surface area contributed by atoms with Gasteiger partial charge in [0.15, 0.2) is 5.70 Å². The fraction of sp³-hybridized carbons (Fsp3) is 0.0667. The molecule has 0 atom stereocenters. The molecule has 0 saturated carbocycles. The van der Waals surface area contributed by atoms with Crippen LogP contribution in [0.25, 0.3) is 6.08 Å². The van der Waals surface area contributed by atoms with E-state index < -0.39 is 10.9 Å². The lowest BCUT2D eigenvalue weighted by Crippen LogP contribution is -2.07. The maximum absolute atomic E-state index is 11.9. The van der Waals surface area contributed by atoms with Crippen molar-refractivity contribution in [3.63, 3.8) is 0 Å². The average molecular weight is 314 g/mol. The van der Waals surface area contributed by atoms with Crippen molar-refractivity contribution in [1.82, 2.24) is 0 Å². The largest absolute Gasteiger partial charge is 0.496 e. The summed E-state index contributed by atoms with van der Waals surface area (Å²) in [5.74, 6) is 0.00710. The summed E-state index contributed by atoms with van der Waals surface area (Å²) >= 11 is 0. The Morgan fingerprint density at radius 2 is 2.17 bits per heavy atom. The second-order valence-corrected chi connectivity index (χ2v) is 4.49. The van der Waals surface area contributed by atoms with E-state index in [-0.39, 0.29) is 22.8 Å². The normalized spacial score (nSPS) is 15.4. The Labute approximate surface area is 129 Å². The fourth-order valence-corrected chi connectivity index (χ4v) is 2.01. The quantitative estimate of drug-likeness (QED) is 0.372. The van der Waals surface area contributed by atoms with Gasteiger partial charge in [-0.2, -0.15) is 0 Å². The Bertz CT molecular complexity index is 836. The van der Waals surface area contributed by atoms with Crippen LogP contribution in [0.15, 0.2) is 51.7 Å².